The van der Waals surface area contributed by atoms with Gasteiger partial charge in [-0.2, -0.15) is 0 Å². The number of pyridine rings is 2. The first-order chi connectivity index (χ1) is 14.4. The molecule has 0 atom stereocenters. The highest BCUT2D eigenvalue weighted by molar-refractivity contribution is 5.92. The van der Waals surface area contributed by atoms with E-state index in [1.54, 1.807) is 11.0 Å². The second kappa shape index (κ2) is 8.14. The van der Waals surface area contributed by atoms with Crippen molar-refractivity contribution in [3.05, 3.63) is 71.0 Å². The highest BCUT2D eigenvalue weighted by Gasteiger charge is 2.25. The average Bonchev–Trinajstić information content (AvgIpc) is 3.13. The Bertz CT molecular complexity index is 1080. The molecule has 4 rings (SSSR count). The second-order valence-corrected chi connectivity index (χ2v) is 8.33. The predicted molar refractivity (Wildman–Crippen MR) is 120 cm³/mol. The van der Waals surface area contributed by atoms with Crippen molar-refractivity contribution in [1.29, 1.82) is 0 Å². The quantitative estimate of drug-likeness (QED) is 0.659. The fourth-order valence-corrected chi connectivity index (χ4v) is 3.67. The molecule has 154 valence electrons. The van der Waals surface area contributed by atoms with Gasteiger partial charge in [0.05, 0.1) is 23.6 Å². The molecule has 3 heterocycles. The minimum absolute atomic E-state index is 0.223. The molecule has 0 aliphatic carbocycles. The maximum atomic E-state index is 12.9. The van der Waals surface area contributed by atoms with Crippen LogP contribution in [0.25, 0.3) is 11.3 Å². The molecule has 6 nitrogen and oxygen atoms in total. The van der Waals surface area contributed by atoms with Gasteiger partial charge in [0.2, 0.25) is 0 Å². The summed E-state index contributed by atoms with van der Waals surface area (Å²) in [7, 11) is 0. The van der Waals surface area contributed by atoms with Crippen LogP contribution in [-0.2, 0) is 19.5 Å². The van der Waals surface area contributed by atoms with Gasteiger partial charge in [0.1, 0.15) is 0 Å². The zero-order chi connectivity index (χ0) is 21.3. The lowest BCUT2D eigenvalue weighted by Gasteiger charge is -2.17. The molecule has 0 saturated carbocycles. The largest absolute Gasteiger partial charge is 0.396 e. The lowest BCUT2D eigenvalue weighted by molar-refractivity contribution is 0.212. The first-order valence-electron chi connectivity index (χ1n) is 10.2. The van der Waals surface area contributed by atoms with E-state index in [0.29, 0.717) is 30.5 Å². The van der Waals surface area contributed by atoms with Gasteiger partial charge in [0, 0.05) is 18.3 Å². The number of rotatable bonds is 4. The molecular weight excluding hydrogens is 374 g/mol. The van der Waals surface area contributed by atoms with Crippen LogP contribution in [0.4, 0.5) is 16.3 Å². The van der Waals surface area contributed by atoms with Crippen molar-refractivity contribution in [3.8, 4) is 11.3 Å². The number of carbonyl (C=O) groups is 1. The van der Waals surface area contributed by atoms with Gasteiger partial charge in [0.25, 0.3) is 0 Å². The van der Waals surface area contributed by atoms with Crippen LogP contribution in [0.3, 0.4) is 0 Å². The van der Waals surface area contributed by atoms with Crippen LogP contribution in [-0.4, -0.2) is 20.9 Å². The van der Waals surface area contributed by atoms with Gasteiger partial charge in [-0.3, -0.25) is 10.3 Å². The van der Waals surface area contributed by atoms with Gasteiger partial charge < -0.3 is 10.6 Å². The number of nitrogens with one attached hydrogen (secondary N) is 1. The number of aromatic nitrogens is 2. The van der Waals surface area contributed by atoms with E-state index < -0.39 is 0 Å². The second-order valence-electron chi connectivity index (χ2n) is 8.33. The lowest BCUT2D eigenvalue weighted by atomic mass is 10.0. The zero-order valence-electron chi connectivity index (χ0n) is 17.6. The summed E-state index contributed by atoms with van der Waals surface area (Å²) in [5, 5.41) is 2.88. The van der Waals surface area contributed by atoms with Crippen LogP contribution in [0.5, 0.6) is 0 Å². The predicted octanol–water partition coefficient (Wildman–Crippen LogP) is 4.78. The van der Waals surface area contributed by atoms with Crippen molar-refractivity contribution in [1.82, 2.24) is 14.9 Å². The molecule has 0 fully saturated rings. The summed E-state index contributed by atoms with van der Waals surface area (Å²) in [6.07, 6.45) is 2.91. The third-order valence-electron chi connectivity index (χ3n) is 5.25. The first kappa shape index (κ1) is 19.9. The first-order valence-corrected chi connectivity index (χ1v) is 10.2. The van der Waals surface area contributed by atoms with E-state index in [0.717, 1.165) is 28.9 Å². The molecule has 0 bridgehead atoms. The molecule has 1 aliphatic rings. The minimum Gasteiger partial charge on any atom is -0.396 e. The average molecular weight is 402 g/mol. The van der Waals surface area contributed by atoms with Gasteiger partial charge in [-0.05, 0) is 42.5 Å². The Kier molecular flexibility index (Phi) is 5.40. The van der Waals surface area contributed by atoms with E-state index in [1.165, 1.54) is 11.1 Å². The van der Waals surface area contributed by atoms with E-state index in [9.17, 15) is 4.79 Å². The van der Waals surface area contributed by atoms with Gasteiger partial charge >= 0.3 is 6.03 Å². The third-order valence-corrected chi connectivity index (χ3v) is 5.25. The van der Waals surface area contributed by atoms with E-state index in [4.69, 9.17) is 5.73 Å². The van der Waals surface area contributed by atoms with Gasteiger partial charge in [-0.1, -0.05) is 49.7 Å². The van der Waals surface area contributed by atoms with Crippen molar-refractivity contribution in [2.75, 3.05) is 11.1 Å². The number of nitrogens with two attached hydrogens (primary N) is 1. The monoisotopic (exact) mass is 401 g/mol. The number of hydrogen-bond donors (Lipinski definition) is 2. The van der Waals surface area contributed by atoms with Gasteiger partial charge in [-0.15, -0.1) is 0 Å². The maximum Gasteiger partial charge on any atom is 0.323 e. The molecule has 6 heteroatoms. The smallest absolute Gasteiger partial charge is 0.323 e. The molecule has 2 amide bonds. The SMILES string of the molecule is Cc1ccc(-c2ccc(N)c(NC(=O)N3Cc4cc(CC(C)C)cnc4C3)n2)cc1. The van der Waals surface area contributed by atoms with Crippen molar-refractivity contribution in [2.45, 2.75) is 40.3 Å². The van der Waals surface area contributed by atoms with Crippen LogP contribution in [0.1, 0.15) is 36.2 Å². The molecule has 2 aromatic heterocycles. The Labute approximate surface area is 177 Å². The summed E-state index contributed by atoms with van der Waals surface area (Å²) in [5.74, 6) is 0.947. The topological polar surface area (TPSA) is 84.1 Å². The molecule has 30 heavy (non-hydrogen) atoms. The molecule has 0 radical (unpaired) electrons. The summed E-state index contributed by atoms with van der Waals surface area (Å²) in [6.45, 7) is 7.45. The Morgan fingerprint density at radius 2 is 1.93 bits per heavy atom. The molecule has 3 aromatic rings. The fourth-order valence-electron chi connectivity index (χ4n) is 3.67. The Morgan fingerprint density at radius 1 is 1.17 bits per heavy atom. The lowest BCUT2D eigenvalue weighted by Crippen LogP contribution is -2.31. The number of amides is 2. The van der Waals surface area contributed by atoms with Crippen LogP contribution in [0.15, 0.2) is 48.7 Å². The zero-order valence-corrected chi connectivity index (χ0v) is 17.6. The standard InChI is InChI=1S/C24H27N5O/c1-15(2)10-17-11-19-13-29(14-22(19)26-12-17)24(30)28-23-20(25)8-9-21(27-23)18-6-4-16(3)5-7-18/h4-9,11-12,15H,10,13-14,25H2,1-3H3,(H,27,28,30). The number of nitrogens with zero attached hydrogens (tertiary/aromatic N) is 3. The number of aryl methyl sites for hydroxylation is 1. The van der Waals surface area contributed by atoms with Gasteiger partial charge in [-0.25, -0.2) is 9.78 Å². The van der Waals surface area contributed by atoms with Crippen LogP contribution in [0, 0.1) is 12.8 Å². The van der Waals surface area contributed by atoms with Crippen molar-refractivity contribution in [2.24, 2.45) is 5.92 Å². The molecule has 0 unspecified atom stereocenters. The normalized spacial score (nSPS) is 12.9. The molecule has 3 N–H and O–H groups in total. The maximum absolute atomic E-state index is 12.9. The summed E-state index contributed by atoms with van der Waals surface area (Å²) in [6, 6.07) is 13.7. The van der Waals surface area contributed by atoms with Gasteiger partial charge in [0.15, 0.2) is 5.82 Å². The highest BCUT2D eigenvalue weighted by atomic mass is 16.2. The Hall–Kier alpha value is -3.41. The summed E-state index contributed by atoms with van der Waals surface area (Å²) >= 11 is 0. The molecule has 0 saturated heterocycles. The number of benzene rings is 1. The number of carbonyl (C=O) groups excluding carboxylic acids is 1. The van der Waals surface area contributed by atoms with Crippen molar-refractivity contribution in [3.63, 3.8) is 0 Å². The highest BCUT2D eigenvalue weighted by Crippen LogP contribution is 2.26. The Balaban J connectivity index is 1.49. The number of anilines is 2. The molecular formula is C24H27N5O. The minimum atomic E-state index is -0.223. The fraction of sp³-hybridized carbons (Fsp3) is 0.292. The molecule has 1 aliphatic heterocycles. The summed E-state index contributed by atoms with van der Waals surface area (Å²) < 4.78 is 0. The van der Waals surface area contributed by atoms with E-state index in [-0.39, 0.29) is 6.03 Å². The van der Waals surface area contributed by atoms with Crippen LogP contribution in [0.2, 0.25) is 0 Å². The van der Waals surface area contributed by atoms with Crippen LogP contribution >= 0.6 is 0 Å². The van der Waals surface area contributed by atoms with E-state index >= 15 is 0 Å². The number of urea groups is 1. The number of nitrogen functional groups attached to an aromatic ring is 1. The number of fused-ring (bicyclic) bond motifs is 1. The molecule has 1 aromatic carbocycles. The summed E-state index contributed by atoms with van der Waals surface area (Å²) in [4.78, 5) is 23.8. The van der Waals surface area contributed by atoms with Crippen molar-refractivity contribution < 1.29 is 4.79 Å². The van der Waals surface area contributed by atoms with E-state index in [2.05, 4.69) is 35.2 Å². The van der Waals surface area contributed by atoms with Crippen LogP contribution < -0.4 is 11.1 Å². The van der Waals surface area contributed by atoms with E-state index in [1.807, 2.05) is 43.5 Å². The van der Waals surface area contributed by atoms with Crippen molar-refractivity contribution >= 4 is 17.5 Å². The number of hydrogen-bond acceptors (Lipinski definition) is 4. The summed E-state index contributed by atoms with van der Waals surface area (Å²) in [5.41, 5.74) is 12.7. The third kappa shape index (κ3) is 4.27. The Morgan fingerprint density at radius 3 is 2.67 bits per heavy atom. The molecule has 0 spiro atoms.